The summed E-state index contributed by atoms with van der Waals surface area (Å²) in [5, 5.41) is 0. The quantitative estimate of drug-likeness (QED) is 0.397. The molecular weight excluding hydrogens is 449 g/mol. The van der Waals surface area contributed by atoms with E-state index in [2.05, 4.69) is 9.47 Å². The first-order chi connectivity index (χ1) is 13.3. The molecule has 4 rings (SSSR count). The predicted molar refractivity (Wildman–Crippen MR) is 73.9 cm³/mol. The minimum Gasteiger partial charge on any atom is -0.455 e. The molecule has 0 heterocycles. The van der Waals surface area contributed by atoms with E-state index in [4.69, 9.17) is 0 Å². The zero-order valence-electron chi connectivity index (χ0n) is 14.9. The van der Waals surface area contributed by atoms with Gasteiger partial charge in [-0.15, -0.1) is 0 Å². The summed E-state index contributed by atoms with van der Waals surface area (Å²) in [5.41, 5.74) is -1.64. The second kappa shape index (κ2) is 6.58. The Morgan fingerprint density at radius 1 is 0.700 bits per heavy atom. The van der Waals surface area contributed by atoms with Crippen LogP contribution in [0.1, 0.15) is 38.5 Å². The maximum atomic E-state index is 14.4. The van der Waals surface area contributed by atoms with Gasteiger partial charge in [0.15, 0.2) is 0 Å². The molecule has 30 heavy (non-hydrogen) atoms. The van der Waals surface area contributed by atoms with Crippen molar-refractivity contribution in [1.82, 2.24) is 0 Å². The molecule has 0 N–H and O–H groups in total. The van der Waals surface area contributed by atoms with Gasteiger partial charge in [0.25, 0.3) is 0 Å². The van der Waals surface area contributed by atoms with Gasteiger partial charge in [-0.2, -0.15) is 48.3 Å². The SMILES string of the molecule is O=C(OC12CC3CC(CC(C3)C1)C2)C(F)(OC(F)(F)C(F)(F)C(F)(F)F)C(F)(F)F. The fraction of sp³-hybridized carbons (Fsp3) is 0.938. The Bertz CT molecular complexity index is 664. The Balaban J connectivity index is 1.88. The van der Waals surface area contributed by atoms with Crippen LogP contribution >= 0.6 is 0 Å². The highest BCUT2D eigenvalue weighted by molar-refractivity contribution is 5.79. The van der Waals surface area contributed by atoms with E-state index >= 15 is 0 Å². The van der Waals surface area contributed by atoms with Crippen LogP contribution in [-0.2, 0) is 14.3 Å². The summed E-state index contributed by atoms with van der Waals surface area (Å²) in [6.07, 6.45) is -18.8. The van der Waals surface area contributed by atoms with Crippen LogP contribution in [0.15, 0.2) is 0 Å². The van der Waals surface area contributed by atoms with Crippen molar-refractivity contribution in [3.05, 3.63) is 0 Å². The van der Waals surface area contributed by atoms with Crippen LogP contribution in [-0.4, -0.2) is 41.8 Å². The van der Waals surface area contributed by atoms with Crippen molar-refractivity contribution >= 4 is 5.97 Å². The minimum absolute atomic E-state index is 0.00871. The highest BCUT2D eigenvalue weighted by Crippen LogP contribution is 2.58. The highest BCUT2D eigenvalue weighted by Gasteiger charge is 2.80. The Morgan fingerprint density at radius 2 is 1.10 bits per heavy atom. The van der Waals surface area contributed by atoms with Gasteiger partial charge in [0, 0.05) is 0 Å². The first-order valence-corrected chi connectivity index (χ1v) is 8.83. The van der Waals surface area contributed by atoms with Gasteiger partial charge in [-0.25, -0.2) is 4.79 Å². The van der Waals surface area contributed by atoms with Crippen molar-refractivity contribution in [2.45, 2.75) is 74.4 Å². The number of hydrogen-bond acceptors (Lipinski definition) is 3. The molecule has 0 radical (unpaired) electrons. The third-order valence-electron chi connectivity index (χ3n) is 5.91. The summed E-state index contributed by atoms with van der Waals surface area (Å²) >= 11 is 0. The van der Waals surface area contributed by atoms with Gasteiger partial charge in [-0.3, -0.25) is 4.74 Å². The summed E-state index contributed by atoms with van der Waals surface area (Å²) in [6, 6.07) is 0. The molecule has 1 unspecified atom stereocenters. The molecule has 174 valence electrons. The number of rotatable bonds is 5. The lowest BCUT2D eigenvalue weighted by molar-refractivity contribution is -0.475. The second-order valence-corrected chi connectivity index (χ2v) is 8.27. The Kier molecular flexibility index (Phi) is 5.12. The van der Waals surface area contributed by atoms with Crippen LogP contribution in [0.4, 0.5) is 48.3 Å². The Hall–Kier alpha value is -1.34. The van der Waals surface area contributed by atoms with Crippen molar-refractivity contribution in [1.29, 1.82) is 0 Å². The number of carbonyl (C=O) groups is 1. The molecule has 4 bridgehead atoms. The minimum atomic E-state index is -7.22. The molecule has 0 saturated heterocycles. The zero-order valence-corrected chi connectivity index (χ0v) is 14.9. The summed E-state index contributed by atoms with van der Waals surface area (Å²) in [6.45, 7) is 0. The van der Waals surface area contributed by atoms with Crippen molar-refractivity contribution in [2.75, 3.05) is 0 Å². The third kappa shape index (κ3) is 3.62. The summed E-state index contributed by atoms with van der Waals surface area (Å²) in [4.78, 5) is 11.9. The van der Waals surface area contributed by atoms with Crippen molar-refractivity contribution in [3.8, 4) is 0 Å². The monoisotopic (exact) mass is 464 g/mol. The van der Waals surface area contributed by atoms with Gasteiger partial charge in [0.05, 0.1) is 0 Å². The molecule has 4 fully saturated rings. The maximum absolute atomic E-state index is 14.4. The topological polar surface area (TPSA) is 35.5 Å². The number of carbonyl (C=O) groups excluding carboxylic acids is 1. The first kappa shape index (κ1) is 23.3. The van der Waals surface area contributed by atoms with Crippen LogP contribution in [0.2, 0.25) is 0 Å². The van der Waals surface area contributed by atoms with E-state index in [0.717, 1.165) is 0 Å². The fourth-order valence-electron chi connectivity index (χ4n) is 5.04. The van der Waals surface area contributed by atoms with E-state index in [-0.39, 0.29) is 37.0 Å². The maximum Gasteiger partial charge on any atom is 0.462 e. The van der Waals surface area contributed by atoms with E-state index in [0.29, 0.717) is 19.3 Å². The molecule has 0 aromatic heterocycles. The van der Waals surface area contributed by atoms with Gasteiger partial charge >= 0.3 is 36.2 Å². The van der Waals surface area contributed by atoms with E-state index in [9.17, 15) is 53.1 Å². The third-order valence-corrected chi connectivity index (χ3v) is 5.91. The number of alkyl halides is 11. The second-order valence-electron chi connectivity index (χ2n) is 8.27. The lowest BCUT2D eigenvalue weighted by Crippen LogP contribution is -2.63. The number of hydrogen-bond donors (Lipinski definition) is 0. The first-order valence-electron chi connectivity index (χ1n) is 8.83. The van der Waals surface area contributed by atoms with Crippen molar-refractivity contribution in [3.63, 3.8) is 0 Å². The molecule has 0 amide bonds. The number of ether oxygens (including phenoxy) is 2. The van der Waals surface area contributed by atoms with Gasteiger partial charge in [0.1, 0.15) is 5.60 Å². The Labute approximate surface area is 161 Å². The molecule has 14 heteroatoms. The van der Waals surface area contributed by atoms with E-state index in [1.165, 1.54) is 0 Å². The average Bonchev–Trinajstić information content (AvgIpc) is 2.50. The van der Waals surface area contributed by atoms with E-state index < -0.39 is 41.8 Å². The number of esters is 1. The average molecular weight is 464 g/mol. The Morgan fingerprint density at radius 3 is 1.43 bits per heavy atom. The standard InChI is InChI=1S/C16H15F11O3/c17-12(14(20,21)22,30-16(26,27)13(18,19)15(23,24)25)10(28)29-11-4-7-1-8(5-11)3-9(2-7)6-11/h7-9H,1-6H2. The smallest absolute Gasteiger partial charge is 0.455 e. The molecule has 4 saturated carbocycles. The summed E-state index contributed by atoms with van der Waals surface area (Å²) in [5.74, 6) is -16.8. The largest absolute Gasteiger partial charge is 0.462 e. The van der Waals surface area contributed by atoms with Gasteiger partial charge in [-0.05, 0) is 56.3 Å². The molecule has 4 aliphatic rings. The lowest BCUT2D eigenvalue weighted by Gasteiger charge is -2.56. The molecule has 1 atom stereocenters. The van der Waals surface area contributed by atoms with Crippen LogP contribution in [0, 0.1) is 17.8 Å². The fourth-order valence-corrected chi connectivity index (χ4v) is 5.04. The molecule has 0 aromatic carbocycles. The van der Waals surface area contributed by atoms with E-state index in [1.807, 2.05) is 0 Å². The molecule has 3 nitrogen and oxygen atoms in total. The molecule has 0 spiro atoms. The van der Waals surface area contributed by atoms with Crippen molar-refractivity contribution < 1.29 is 62.6 Å². The number of halogens is 11. The van der Waals surface area contributed by atoms with Gasteiger partial charge < -0.3 is 4.74 Å². The highest BCUT2D eigenvalue weighted by atomic mass is 19.4. The zero-order chi connectivity index (χ0) is 23.0. The predicted octanol–water partition coefficient (Wildman–Crippen LogP) is 5.53. The lowest BCUT2D eigenvalue weighted by atomic mass is 9.54. The van der Waals surface area contributed by atoms with E-state index in [1.54, 1.807) is 0 Å². The van der Waals surface area contributed by atoms with Gasteiger partial charge in [-0.1, -0.05) is 0 Å². The van der Waals surface area contributed by atoms with Gasteiger partial charge in [0.2, 0.25) is 0 Å². The normalized spacial score (nSPS) is 34.0. The van der Waals surface area contributed by atoms with Crippen LogP contribution in [0.25, 0.3) is 0 Å². The molecular formula is C16H15F11O3. The van der Waals surface area contributed by atoms with Crippen LogP contribution in [0.3, 0.4) is 0 Å². The summed E-state index contributed by atoms with van der Waals surface area (Å²) < 4.78 is 149. The van der Waals surface area contributed by atoms with Crippen LogP contribution < -0.4 is 0 Å². The molecule has 0 aliphatic heterocycles. The molecule has 0 aromatic rings. The van der Waals surface area contributed by atoms with Crippen LogP contribution in [0.5, 0.6) is 0 Å². The summed E-state index contributed by atoms with van der Waals surface area (Å²) in [7, 11) is 0. The van der Waals surface area contributed by atoms with Crippen molar-refractivity contribution in [2.24, 2.45) is 17.8 Å². The molecule has 4 aliphatic carbocycles.